The van der Waals surface area contributed by atoms with E-state index in [0.29, 0.717) is 11.8 Å². The van der Waals surface area contributed by atoms with E-state index in [9.17, 15) is 16.8 Å². The van der Waals surface area contributed by atoms with Crippen molar-refractivity contribution < 1.29 is 25.2 Å². The molecule has 8 atom stereocenters. The maximum absolute atomic E-state index is 11.4. The first-order valence-electron chi connectivity index (χ1n) is 6.92. The van der Waals surface area contributed by atoms with Crippen LogP contribution in [-0.4, -0.2) is 41.6 Å². The fourth-order valence-electron chi connectivity index (χ4n) is 5.71. The molecule has 6 nitrogen and oxygen atoms in total. The van der Waals surface area contributed by atoms with Crippen molar-refractivity contribution in [1.29, 1.82) is 0 Å². The van der Waals surface area contributed by atoms with Crippen LogP contribution < -0.4 is 0 Å². The van der Waals surface area contributed by atoms with Crippen LogP contribution in [0, 0.1) is 35.5 Å². The van der Waals surface area contributed by atoms with E-state index in [4.69, 9.17) is 8.37 Å². The van der Waals surface area contributed by atoms with Crippen molar-refractivity contribution in [2.45, 2.75) is 25.0 Å². The summed E-state index contributed by atoms with van der Waals surface area (Å²) in [6, 6.07) is 0. The second kappa shape index (κ2) is 3.77. The summed E-state index contributed by atoms with van der Waals surface area (Å²) in [6.07, 6.45) is 3.57. The van der Waals surface area contributed by atoms with Gasteiger partial charge in [-0.25, -0.2) is 0 Å². The molecule has 0 heterocycles. The van der Waals surface area contributed by atoms with Gasteiger partial charge in [0.05, 0.1) is 24.7 Å². The molecule has 4 saturated carbocycles. The lowest BCUT2D eigenvalue weighted by Gasteiger charge is -2.32. The summed E-state index contributed by atoms with van der Waals surface area (Å²) < 4.78 is 56.3. The molecule has 0 aromatic carbocycles. The number of hydrogen-bond donors (Lipinski definition) is 0. The molecule has 4 fully saturated rings. The van der Waals surface area contributed by atoms with Gasteiger partial charge in [0.1, 0.15) is 0 Å². The quantitative estimate of drug-likeness (QED) is 0.688. The number of hydrogen-bond acceptors (Lipinski definition) is 6. The SMILES string of the molecule is CS(=O)(=O)O[C@@H]1[C@H]2C[C@@H]3[C@H]4C[C@H]2[C@@H]([C@H]4OS(C)(=O)=O)[C@H]31. The molecule has 0 aromatic heterocycles. The highest BCUT2D eigenvalue weighted by molar-refractivity contribution is 7.86. The third-order valence-corrected chi connectivity index (χ3v) is 6.94. The molecular formula is C12H18O6S2. The first kappa shape index (κ1) is 13.5. The summed E-state index contributed by atoms with van der Waals surface area (Å²) in [7, 11) is -6.94. The number of rotatable bonds is 4. The largest absolute Gasteiger partial charge is 0.266 e. The molecule has 4 aliphatic carbocycles. The van der Waals surface area contributed by atoms with E-state index in [1.807, 2.05) is 0 Å². The van der Waals surface area contributed by atoms with Gasteiger partial charge in [-0.15, -0.1) is 0 Å². The lowest BCUT2D eigenvalue weighted by Crippen LogP contribution is -2.28. The van der Waals surface area contributed by atoms with E-state index in [2.05, 4.69) is 0 Å². The van der Waals surface area contributed by atoms with Crippen LogP contribution in [-0.2, 0) is 28.6 Å². The van der Waals surface area contributed by atoms with E-state index >= 15 is 0 Å². The summed E-state index contributed by atoms with van der Waals surface area (Å²) in [4.78, 5) is 0. The van der Waals surface area contributed by atoms with Crippen LogP contribution >= 0.6 is 0 Å². The summed E-state index contributed by atoms with van der Waals surface area (Å²) in [5.41, 5.74) is 0. The Hall–Kier alpha value is -0.180. The van der Waals surface area contributed by atoms with Gasteiger partial charge in [-0.1, -0.05) is 0 Å². The molecular weight excluding hydrogens is 304 g/mol. The lowest BCUT2D eigenvalue weighted by molar-refractivity contribution is 0.129. The third kappa shape index (κ3) is 1.74. The molecule has 0 aliphatic heterocycles. The van der Waals surface area contributed by atoms with Crippen molar-refractivity contribution >= 4 is 20.2 Å². The first-order chi connectivity index (χ1) is 9.16. The Labute approximate surface area is 119 Å². The zero-order chi connectivity index (χ0) is 14.4. The van der Waals surface area contributed by atoms with E-state index in [-0.39, 0.29) is 35.9 Å². The van der Waals surface area contributed by atoms with Crippen LogP contribution in [0.25, 0.3) is 0 Å². The van der Waals surface area contributed by atoms with Crippen molar-refractivity contribution in [2.24, 2.45) is 35.5 Å². The standard InChI is InChI=1S/C12H18O6S2/c1-19(13,14)17-11-7-3-6-8-4-5(7)10(9(6)11)12(8)18-20(2,15)16/h5-12H,3-4H2,1-2H3/t5-,6-,7-,8+,9-,10+,11+,12-/m1/s1. The van der Waals surface area contributed by atoms with Crippen LogP contribution in [0.5, 0.6) is 0 Å². The van der Waals surface area contributed by atoms with Gasteiger partial charge in [0.25, 0.3) is 20.2 Å². The molecule has 0 amide bonds. The monoisotopic (exact) mass is 322 g/mol. The summed E-state index contributed by atoms with van der Waals surface area (Å²) in [6.45, 7) is 0. The van der Waals surface area contributed by atoms with Gasteiger partial charge in [0, 0.05) is 0 Å². The van der Waals surface area contributed by atoms with E-state index in [1.165, 1.54) is 0 Å². The van der Waals surface area contributed by atoms with E-state index in [1.54, 1.807) is 0 Å². The minimum absolute atomic E-state index is 0.158. The van der Waals surface area contributed by atoms with Crippen LogP contribution in [0.2, 0.25) is 0 Å². The van der Waals surface area contributed by atoms with Gasteiger partial charge >= 0.3 is 0 Å². The molecule has 4 bridgehead atoms. The Balaban J connectivity index is 1.64. The van der Waals surface area contributed by atoms with Crippen LogP contribution in [0.4, 0.5) is 0 Å². The maximum Gasteiger partial charge on any atom is 0.264 e. The van der Waals surface area contributed by atoms with Crippen molar-refractivity contribution in [3.8, 4) is 0 Å². The molecule has 114 valence electrons. The molecule has 0 saturated heterocycles. The maximum atomic E-state index is 11.4. The third-order valence-electron chi connectivity index (χ3n) is 5.80. The smallest absolute Gasteiger partial charge is 0.264 e. The summed E-state index contributed by atoms with van der Waals surface area (Å²) in [5.74, 6) is 1.57. The molecule has 0 spiro atoms. The topological polar surface area (TPSA) is 86.7 Å². The highest BCUT2D eigenvalue weighted by Crippen LogP contribution is 2.73. The molecule has 0 unspecified atom stereocenters. The van der Waals surface area contributed by atoms with E-state index < -0.39 is 20.2 Å². The van der Waals surface area contributed by atoms with Gasteiger partial charge in [-0.2, -0.15) is 16.8 Å². The van der Waals surface area contributed by atoms with Gasteiger partial charge in [-0.3, -0.25) is 8.37 Å². The van der Waals surface area contributed by atoms with Gasteiger partial charge in [0.2, 0.25) is 0 Å². The normalized spacial score (nSPS) is 52.3. The average molecular weight is 322 g/mol. The van der Waals surface area contributed by atoms with Crippen LogP contribution in [0.3, 0.4) is 0 Å². The van der Waals surface area contributed by atoms with E-state index in [0.717, 1.165) is 25.4 Å². The van der Waals surface area contributed by atoms with Crippen LogP contribution in [0.1, 0.15) is 12.8 Å². The van der Waals surface area contributed by atoms with Gasteiger partial charge < -0.3 is 0 Å². The predicted octanol–water partition coefficient (Wildman–Crippen LogP) is 0.208. The Morgan fingerprint density at radius 1 is 0.700 bits per heavy atom. The molecule has 0 aromatic rings. The first-order valence-corrected chi connectivity index (χ1v) is 10.6. The van der Waals surface area contributed by atoms with Crippen LogP contribution in [0.15, 0.2) is 0 Å². The molecule has 0 radical (unpaired) electrons. The fraction of sp³-hybridized carbons (Fsp3) is 1.00. The summed E-state index contributed by atoms with van der Waals surface area (Å²) >= 11 is 0. The van der Waals surface area contributed by atoms with Crippen molar-refractivity contribution in [2.75, 3.05) is 12.5 Å². The predicted molar refractivity (Wildman–Crippen MR) is 69.6 cm³/mol. The minimum atomic E-state index is -3.47. The van der Waals surface area contributed by atoms with Crippen molar-refractivity contribution in [1.82, 2.24) is 0 Å². The van der Waals surface area contributed by atoms with Gasteiger partial charge in [0.15, 0.2) is 0 Å². The number of fused-ring (bicyclic) bond motifs is 4. The molecule has 0 N–H and O–H groups in total. The molecule has 4 aliphatic rings. The van der Waals surface area contributed by atoms with Crippen molar-refractivity contribution in [3.05, 3.63) is 0 Å². The lowest BCUT2D eigenvalue weighted by atomic mass is 9.71. The second-order valence-electron chi connectivity index (χ2n) is 6.81. The Morgan fingerprint density at radius 2 is 1.05 bits per heavy atom. The Bertz CT molecular complexity index is 595. The van der Waals surface area contributed by atoms with Crippen molar-refractivity contribution in [3.63, 3.8) is 0 Å². The zero-order valence-corrected chi connectivity index (χ0v) is 12.9. The van der Waals surface area contributed by atoms with Gasteiger partial charge in [-0.05, 0) is 48.3 Å². The Morgan fingerprint density at radius 3 is 1.35 bits per heavy atom. The minimum Gasteiger partial charge on any atom is -0.266 e. The highest BCUT2D eigenvalue weighted by Gasteiger charge is 2.74. The fourth-order valence-corrected chi connectivity index (χ4v) is 7.06. The molecule has 4 rings (SSSR count). The molecule has 8 heteroatoms. The second-order valence-corrected chi connectivity index (χ2v) is 10.0. The Kier molecular flexibility index (Phi) is 2.54. The molecule has 20 heavy (non-hydrogen) atoms. The average Bonchev–Trinajstić information content (AvgIpc) is 2.89. The highest BCUT2D eigenvalue weighted by atomic mass is 32.2. The zero-order valence-electron chi connectivity index (χ0n) is 11.3. The summed E-state index contributed by atoms with van der Waals surface area (Å²) in [5, 5.41) is 0.